The number of hydrogen-bond donors (Lipinski definition) is 1. The van der Waals surface area contributed by atoms with E-state index in [-0.39, 0.29) is 22.6 Å². The maximum atomic E-state index is 10.9. The number of hydrogen-bond acceptors (Lipinski definition) is 3. The quantitative estimate of drug-likeness (QED) is 0.684. The van der Waals surface area contributed by atoms with E-state index in [1.54, 1.807) is 6.07 Å². The molecule has 1 rings (SSSR count). The summed E-state index contributed by atoms with van der Waals surface area (Å²) in [4.78, 5) is 10.6. The molecule has 16 heavy (non-hydrogen) atoms. The molecule has 0 amide bonds. The Morgan fingerprint density at radius 2 is 2.06 bits per heavy atom. The van der Waals surface area contributed by atoms with Crippen LogP contribution >= 0.6 is 15.9 Å². The molecule has 1 aromatic rings. The molecule has 0 bridgehead atoms. The zero-order valence-electron chi connectivity index (χ0n) is 9.53. The van der Waals surface area contributed by atoms with E-state index in [1.807, 2.05) is 27.0 Å². The summed E-state index contributed by atoms with van der Waals surface area (Å²) >= 11 is 3.34. The third-order valence-corrected chi connectivity index (χ3v) is 3.38. The summed E-state index contributed by atoms with van der Waals surface area (Å²) in [6.07, 6.45) is 0. The summed E-state index contributed by atoms with van der Waals surface area (Å²) in [5.41, 5.74) is 0.930. The molecule has 1 N–H and O–H groups in total. The number of nitrogens with one attached hydrogen (secondary N) is 1. The third-order valence-electron chi connectivity index (χ3n) is 2.88. The highest BCUT2D eigenvalue weighted by molar-refractivity contribution is 9.10. The van der Waals surface area contributed by atoms with E-state index >= 15 is 0 Å². The zero-order chi connectivity index (χ0) is 12.3. The lowest BCUT2D eigenvalue weighted by Gasteiger charge is -2.19. The van der Waals surface area contributed by atoms with Crippen molar-refractivity contribution in [3.8, 4) is 0 Å². The van der Waals surface area contributed by atoms with Gasteiger partial charge in [0.25, 0.3) is 5.69 Å². The highest BCUT2D eigenvalue weighted by atomic mass is 79.9. The van der Waals surface area contributed by atoms with Crippen LogP contribution in [0.2, 0.25) is 0 Å². The third kappa shape index (κ3) is 2.80. The molecule has 0 fully saturated rings. The predicted molar refractivity (Wildman–Crippen MR) is 67.7 cm³/mol. The molecule has 1 aromatic carbocycles. The summed E-state index contributed by atoms with van der Waals surface area (Å²) in [6.45, 7) is 3.99. The van der Waals surface area contributed by atoms with E-state index in [1.165, 1.54) is 6.07 Å². The summed E-state index contributed by atoms with van der Waals surface area (Å²) in [6, 6.07) is 5.24. The molecular weight excluding hydrogens is 272 g/mol. The first kappa shape index (κ1) is 13.1. The fraction of sp³-hybridized carbons (Fsp3) is 0.455. The molecule has 2 unspecified atom stereocenters. The smallest absolute Gasteiger partial charge is 0.272 e. The van der Waals surface area contributed by atoms with E-state index < -0.39 is 0 Å². The number of likely N-dealkylation sites (N-methyl/N-ethyl adjacent to an activating group) is 1. The van der Waals surface area contributed by atoms with Crippen molar-refractivity contribution in [1.82, 2.24) is 5.32 Å². The molecular formula is C11H15BrN2O2. The van der Waals surface area contributed by atoms with Crippen LogP contribution in [0, 0.1) is 10.1 Å². The Balaban J connectivity index is 3.19. The second kappa shape index (κ2) is 5.41. The molecule has 4 nitrogen and oxygen atoms in total. The molecule has 0 aliphatic rings. The fourth-order valence-electron chi connectivity index (χ4n) is 1.58. The number of nitro groups is 1. The summed E-state index contributed by atoms with van der Waals surface area (Å²) in [7, 11) is 1.85. The van der Waals surface area contributed by atoms with Gasteiger partial charge in [-0.2, -0.15) is 0 Å². The van der Waals surface area contributed by atoms with Gasteiger partial charge in [-0.15, -0.1) is 0 Å². The molecule has 0 radical (unpaired) electrons. The first-order valence-electron chi connectivity index (χ1n) is 5.08. The molecule has 0 aliphatic carbocycles. The van der Waals surface area contributed by atoms with Crippen LogP contribution in [-0.2, 0) is 0 Å². The van der Waals surface area contributed by atoms with Crippen LogP contribution in [-0.4, -0.2) is 18.0 Å². The zero-order valence-corrected chi connectivity index (χ0v) is 11.1. The number of benzene rings is 1. The van der Waals surface area contributed by atoms with Gasteiger partial charge in [-0.3, -0.25) is 10.1 Å². The first-order valence-corrected chi connectivity index (χ1v) is 5.87. The van der Waals surface area contributed by atoms with Gasteiger partial charge < -0.3 is 5.32 Å². The Hall–Kier alpha value is -0.940. The molecule has 0 heterocycles. The lowest BCUT2D eigenvalue weighted by atomic mass is 9.93. The van der Waals surface area contributed by atoms with Gasteiger partial charge in [-0.25, -0.2) is 0 Å². The summed E-state index contributed by atoms with van der Waals surface area (Å²) in [5.74, 6) is 0.0860. The van der Waals surface area contributed by atoms with Gasteiger partial charge in [0, 0.05) is 28.1 Å². The van der Waals surface area contributed by atoms with Crippen LogP contribution in [0.25, 0.3) is 0 Å². The Morgan fingerprint density at radius 1 is 1.44 bits per heavy atom. The maximum absolute atomic E-state index is 10.9. The van der Waals surface area contributed by atoms with Crippen molar-refractivity contribution >= 4 is 21.6 Å². The summed E-state index contributed by atoms with van der Waals surface area (Å²) < 4.78 is 0.864. The van der Waals surface area contributed by atoms with Gasteiger partial charge in [0.15, 0.2) is 0 Å². The highest BCUT2D eigenvalue weighted by Gasteiger charge is 2.22. The van der Waals surface area contributed by atoms with Crippen LogP contribution < -0.4 is 5.32 Å². The molecule has 0 saturated heterocycles. The molecule has 2 atom stereocenters. The lowest BCUT2D eigenvalue weighted by molar-refractivity contribution is -0.385. The number of rotatable bonds is 4. The van der Waals surface area contributed by atoms with Crippen molar-refractivity contribution in [3.63, 3.8) is 0 Å². The van der Waals surface area contributed by atoms with Gasteiger partial charge in [-0.1, -0.05) is 22.9 Å². The minimum atomic E-state index is -0.333. The monoisotopic (exact) mass is 286 g/mol. The van der Waals surface area contributed by atoms with Crippen LogP contribution in [0.1, 0.15) is 25.3 Å². The van der Waals surface area contributed by atoms with Crippen LogP contribution in [0.4, 0.5) is 5.69 Å². The van der Waals surface area contributed by atoms with Gasteiger partial charge >= 0.3 is 0 Å². The largest absolute Gasteiger partial charge is 0.317 e. The van der Waals surface area contributed by atoms with Gasteiger partial charge in [0.2, 0.25) is 0 Å². The SMILES string of the molecule is CNC(C)C(C)c1cc(Br)ccc1[N+](=O)[O-]. The van der Waals surface area contributed by atoms with E-state index in [0.29, 0.717) is 0 Å². The molecule has 0 saturated carbocycles. The summed E-state index contributed by atoms with van der Waals surface area (Å²) in [5, 5.41) is 14.0. The Morgan fingerprint density at radius 3 is 2.56 bits per heavy atom. The van der Waals surface area contributed by atoms with E-state index in [4.69, 9.17) is 0 Å². The van der Waals surface area contributed by atoms with Crippen LogP contribution in [0.3, 0.4) is 0 Å². The molecule has 88 valence electrons. The molecule has 5 heteroatoms. The Labute approximate surface area is 103 Å². The van der Waals surface area contributed by atoms with Crippen LogP contribution in [0.5, 0.6) is 0 Å². The van der Waals surface area contributed by atoms with Gasteiger partial charge in [-0.05, 0) is 26.1 Å². The molecule has 0 spiro atoms. The average Bonchev–Trinajstić information content (AvgIpc) is 2.26. The number of nitro benzene ring substituents is 1. The van der Waals surface area contributed by atoms with Gasteiger partial charge in [0.05, 0.1) is 4.92 Å². The van der Waals surface area contributed by atoms with Crippen molar-refractivity contribution in [2.75, 3.05) is 7.05 Å². The van der Waals surface area contributed by atoms with Crippen molar-refractivity contribution < 1.29 is 4.92 Å². The predicted octanol–water partition coefficient (Wildman–Crippen LogP) is 3.07. The molecule has 0 aromatic heterocycles. The van der Waals surface area contributed by atoms with Gasteiger partial charge in [0.1, 0.15) is 0 Å². The normalized spacial score (nSPS) is 14.5. The highest BCUT2D eigenvalue weighted by Crippen LogP contribution is 2.31. The second-order valence-electron chi connectivity index (χ2n) is 3.83. The van der Waals surface area contributed by atoms with E-state index in [9.17, 15) is 10.1 Å². The minimum Gasteiger partial charge on any atom is -0.317 e. The minimum absolute atomic E-state index is 0.0860. The lowest BCUT2D eigenvalue weighted by Crippen LogP contribution is -2.27. The van der Waals surface area contributed by atoms with Crippen LogP contribution in [0.15, 0.2) is 22.7 Å². The van der Waals surface area contributed by atoms with Crippen molar-refractivity contribution in [3.05, 3.63) is 38.3 Å². The van der Waals surface area contributed by atoms with Crippen molar-refractivity contribution in [2.24, 2.45) is 0 Å². The second-order valence-corrected chi connectivity index (χ2v) is 4.74. The average molecular weight is 287 g/mol. The fourth-order valence-corrected chi connectivity index (χ4v) is 1.95. The topological polar surface area (TPSA) is 55.2 Å². The molecule has 0 aliphatic heterocycles. The first-order chi connectivity index (χ1) is 7.47. The number of halogens is 1. The maximum Gasteiger partial charge on any atom is 0.272 e. The van der Waals surface area contributed by atoms with Crippen molar-refractivity contribution in [1.29, 1.82) is 0 Å². The Bertz CT molecular complexity index is 396. The van der Waals surface area contributed by atoms with E-state index in [2.05, 4.69) is 21.2 Å². The standard InChI is InChI=1S/C11H15BrN2O2/c1-7(8(2)13-3)10-6-9(12)4-5-11(10)14(15)16/h4-8,13H,1-3H3. The number of nitrogens with zero attached hydrogens (tertiary/aromatic N) is 1. The Kier molecular flexibility index (Phi) is 4.44. The van der Waals surface area contributed by atoms with E-state index in [0.717, 1.165) is 10.0 Å². The van der Waals surface area contributed by atoms with Crippen molar-refractivity contribution in [2.45, 2.75) is 25.8 Å².